The van der Waals surface area contributed by atoms with E-state index in [1.807, 2.05) is 0 Å². The van der Waals surface area contributed by atoms with E-state index in [-0.39, 0.29) is 18.0 Å². The monoisotopic (exact) mass is 468 g/mol. The van der Waals surface area contributed by atoms with Gasteiger partial charge in [0.05, 0.1) is 6.54 Å². The molecule has 1 aliphatic heterocycles. The molecular weight excluding hydrogens is 447 g/mol. The lowest BCUT2D eigenvalue weighted by atomic mass is 10.1. The maximum absolute atomic E-state index is 12.8. The zero-order valence-corrected chi connectivity index (χ0v) is 18.9. The van der Waals surface area contributed by atoms with Crippen LogP contribution in [0.2, 0.25) is 10.0 Å². The van der Waals surface area contributed by atoms with Crippen molar-refractivity contribution in [1.29, 1.82) is 0 Å². The van der Waals surface area contributed by atoms with Crippen LogP contribution in [0.15, 0.2) is 36.5 Å². The van der Waals surface area contributed by atoms with Crippen LogP contribution in [0.25, 0.3) is 10.9 Å². The van der Waals surface area contributed by atoms with Gasteiger partial charge in [-0.15, -0.1) is 0 Å². The van der Waals surface area contributed by atoms with Gasteiger partial charge in [-0.3, -0.25) is 14.7 Å². The summed E-state index contributed by atoms with van der Waals surface area (Å²) in [6.07, 6.45) is 5.20. The van der Waals surface area contributed by atoms with Crippen molar-refractivity contribution in [2.45, 2.75) is 25.8 Å². The van der Waals surface area contributed by atoms with Crippen LogP contribution < -0.4 is 5.32 Å². The van der Waals surface area contributed by atoms with E-state index in [0.29, 0.717) is 33.2 Å². The number of piperidine rings is 1. The molecule has 0 bridgehead atoms. The number of aromatic hydroxyl groups is 1. The van der Waals surface area contributed by atoms with Crippen molar-refractivity contribution in [2.75, 3.05) is 19.6 Å². The van der Waals surface area contributed by atoms with Gasteiger partial charge in [0, 0.05) is 28.2 Å². The first-order valence-corrected chi connectivity index (χ1v) is 11.2. The first-order valence-electron chi connectivity index (χ1n) is 10.4. The highest BCUT2D eigenvalue weighted by Gasteiger charge is 2.19. The Labute approximate surface area is 196 Å². The Morgan fingerprint density at radius 1 is 1.16 bits per heavy atom. The van der Waals surface area contributed by atoms with Gasteiger partial charge in [0.25, 0.3) is 5.91 Å². The molecule has 2 N–H and O–H groups in total. The van der Waals surface area contributed by atoms with Gasteiger partial charge >= 0.3 is 0 Å². The summed E-state index contributed by atoms with van der Waals surface area (Å²) in [4.78, 5) is 23.8. The zero-order valence-electron chi connectivity index (χ0n) is 17.4. The fourth-order valence-corrected chi connectivity index (χ4v) is 4.28. The molecule has 0 radical (unpaired) electrons. The topological polar surface area (TPSA) is 78.4 Å². The minimum atomic E-state index is -0.537. The highest BCUT2D eigenvalue weighted by molar-refractivity contribution is 6.34. The predicted molar refractivity (Wildman–Crippen MR) is 126 cm³/mol. The second-order valence-electron chi connectivity index (χ2n) is 7.66. The van der Waals surface area contributed by atoms with Crippen molar-refractivity contribution in [3.8, 4) is 17.6 Å². The zero-order chi connectivity index (χ0) is 22.5. The smallest absolute Gasteiger partial charge is 0.274 e. The second-order valence-corrected chi connectivity index (χ2v) is 8.53. The number of benzene rings is 1. The maximum Gasteiger partial charge on any atom is 0.274 e. The normalized spacial score (nSPS) is 14.1. The highest BCUT2D eigenvalue weighted by Crippen LogP contribution is 2.27. The molecule has 0 spiro atoms. The van der Waals surface area contributed by atoms with Crippen LogP contribution in [-0.4, -0.2) is 45.5 Å². The predicted octanol–water partition coefficient (Wildman–Crippen LogP) is 4.41. The average molecular weight is 469 g/mol. The standard InChI is InChI=1S/C24H22Cl2N4O2/c25-17-12-16(13-18(26)14-17)15-28-24(32)22-23(31)21-19(6-4-8-27-21)20(29-22)7-5-11-30-9-2-1-3-10-30/h4,6,8,12-14,31H,1-3,9-11,15H2,(H,28,32). The van der Waals surface area contributed by atoms with Crippen molar-refractivity contribution in [1.82, 2.24) is 20.2 Å². The van der Waals surface area contributed by atoms with E-state index in [1.54, 1.807) is 36.5 Å². The average Bonchev–Trinajstić information content (AvgIpc) is 2.79. The number of nitrogens with zero attached hydrogens (tertiary/aromatic N) is 3. The summed E-state index contributed by atoms with van der Waals surface area (Å²) in [6, 6.07) is 8.57. The van der Waals surface area contributed by atoms with E-state index in [1.165, 1.54) is 19.3 Å². The summed E-state index contributed by atoms with van der Waals surface area (Å²) in [5.74, 6) is 5.43. The number of likely N-dealkylation sites (tertiary alicyclic amines) is 1. The number of amides is 1. The fraction of sp³-hybridized carbons (Fsp3) is 0.292. The number of nitrogens with one attached hydrogen (secondary N) is 1. The molecule has 1 aromatic carbocycles. The number of fused-ring (bicyclic) bond motifs is 1. The molecule has 1 amide bonds. The summed E-state index contributed by atoms with van der Waals surface area (Å²) in [5.41, 5.74) is 1.32. The first-order chi connectivity index (χ1) is 15.5. The lowest BCUT2D eigenvalue weighted by molar-refractivity contribution is 0.0943. The number of halogens is 2. The van der Waals surface area contributed by atoms with E-state index < -0.39 is 5.91 Å². The molecule has 0 unspecified atom stereocenters. The summed E-state index contributed by atoms with van der Waals surface area (Å²) >= 11 is 12.0. The van der Waals surface area contributed by atoms with Crippen molar-refractivity contribution in [3.05, 3.63) is 63.5 Å². The van der Waals surface area contributed by atoms with Gasteiger partial charge < -0.3 is 10.4 Å². The third kappa shape index (κ3) is 5.31. The third-order valence-corrected chi connectivity index (χ3v) is 5.72. The van der Waals surface area contributed by atoms with Crippen LogP contribution in [0.4, 0.5) is 0 Å². The van der Waals surface area contributed by atoms with Crippen LogP contribution >= 0.6 is 23.2 Å². The van der Waals surface area contributed by atoms with Crippen LogP contribution in [-0.2, 0) is 6.54 Å². The molecule has 3 heterocycles. The van der Waals surface area contributed by atoms with Crippen LogP contribution in [0.5, 0.6) is 5.75 Å². The molecule has 2 aromatic heterocycles. The van der Waals surface area contributed by atoms with Crippen LogP contribution in [0, 0.1) is 11.8 Å². The fourth-order valence-electron chi connectivity index (χ4n) is 3.71. The van der Waals surface area contributed by atoms with Gasteiger partial charge in [-0.05, 0) is 67.7 Å². The third-order valence-electron chi connectivity index (χ3n) is 5.28. The Morgan fingerprint density at radius 2 is 1.91 bits per heavy atom. The van der Waals surface area contributed by atoms with E-state index in [2.05, 4.69) is 32.0 Å². The van der Waals surface area contributed by atoms with Gasteiger partial charge in [-0.1, -0.05) is 35.5 Å². The minimum Gasteiger partial charge on any atom is -0.504 e. The number of hydrogen-bond donors (Lipinski definition) is 2. The van der Waals surface area contributed by atoms with Crippen LogP contribution in [0.1, 0.15) is 41.0 Å². The minimum absolute atomic E-state index is 0.119. The number of rotatable bonds is 4. The van der Waals surface area contributed by atoms with E-state index in [9.17, 15) is 9.90 Å². The number of hydrogen-bond acceptors (Lipinski definition) is 5. The molecule has 4 rings (SSSR count). The molecule has 0 aliphatic carbocycles. The van der Waals surface area contributed by atoms with Crippen molar-refractivity contribution < 1.29 is 9.90 Å². The highest BCUT2D eigenvalue weighted by atomic mass is 35.5. The summed E-state index contributed by atoms with van der Waals surface area (Å²) < 4.78 is 0. The van der Waals surface area contributed by atoms with Crippen LogP contribution in [0.3, 0.4) is 0 Å². The molecule has 1 aliphatic rings. The van der Waals surface area contributed by atoms with Gasteiger partial charge in [-0.25, -0.2) is 4.98 Å². The first kappa shape index (κ1) is 22.3. The maximum atomic E-state index is 12.8. The quantitative estimate of drug-likeness (QED) is 0.554. The number of pyridine rings is 2. The molecule has 3 aromatic rings. The van der Waals surface area contributed by atoms with Gasteiger partial charge in [-0.2, -0.15) is 0 Å². The molecule has 0 saturated carbocycles. The molecular formula is C24H22Cl2N4O2. The van der Waals surface area contributed by atoms with Crippen molar-refractivity contribution in [2.24, 2.45) is 0 Å². The van der Waals surface area contributed by atoms with Gasteiger partial charge in [0.1, 0.15) is 11.2 Å². The number of aromatic nitrogens is 2. The summed E-state index contributed by atoms with van der Waals surface area (Å²) in [7, 11) is 0. The number of carbonyl (C=O) groups is 1. The lowest BCUT2D eigenvalue weighted by Crippen LogP contribution is -2.29. The molecule has 164 valence electrons. The largest absolute Gasteiger partial charge is 0.504 e. The molecule has 32 heavy (non-hydrogen) atoms. The van der Waals surface area contributed by atoms with Gasteiger partial charge in [0.15, 0.2) is 11.4 Å². The second kappa shape index (κ2) is 10.2. The summed E-state index contributed by atoms with van der Waals surface area (Å²) in [6.45, 7) is 2.90. The summed E-state index contributed by atoms with van der Waals surface area (Å²) in [5, 5.41) is 15.0. The van der Waals surface area contributed by atoms with Crippen molar-refractivity contribution >= 4 is 40.0 Å². The molecule has 8 heteroatoms. The van der Waals surface area contributed by atoms with Gasteiger partial charge in [0.2, 0.25) is 0 Å². The Morgan fingerprint density at radius 3 is 2.66 bits per heavy atom. The van der Waals surface area contributed by atoms with E-state index in [0.717, 1.165) is 18.7 Å². The Balaban J connectivity index is 1.59. The van der Waals surface area contributed by atoms with E-state index >= 15 is 0 Å². The number of carbonyl (C=O) groups excluding carboxylic acids is 1. The lowest BCUT2D eigenvalue weighted by Gasteiger charge is -2.23. The Hall–Kier alpha value is -2.85. The Kier molecular flexibility index (Phi) is 7.11. The molecule has 1 saturated heterocycles. The van der Waals surface area contributed by atoms with Crippen molar-refractivity contribution in [3.63, 3.8) is 0 Å². The van der Waals surface area contributed by atoms with E-state index in [4.69, 9.17) is 23.2 Å². The molecule has 0 atom stereocenters. The Bertz CT molecular complexity index is 1190. The SMILES string of the molecule is O=C(NCc1cc(Cl)cc(Cl)c1)c1nc(C#CCN2CCCCC2)c2cccnc2c1O. The molecule has 6 nitrogen and oxygen atoms in total. The molecule has 1 fully saturated rings.